The van der Waals surface area contributed by atoms with E-state index < -0.39 is 0 Å². The molecule has 0 fully saturated rings. The predicted molar refractivity (Wildman–Crippen MR) is 75.0 cm³/mol. The first-order valence-electron chi connectivity index (χ1n) is 6.70. The Balaban J connectivity index is 3.28. The molecule has 0 spiro atoms. The molecule has 0 aliphatic heterocycles. The van der Waals surface area contributed by atoms with Crippen LogP contribution in [0.5, 0.6) is 0 Å². The van der Waals surface area contributed by atoms with Crippen molar-refractivity contribution in [3.63, 3.8) is 0 Å². The third-order valence-electron chi connectivity index (χ3n) is 2.85. The molecule has 0 amide bonds. The van der Waals surface area contributed by atoms with Crippen LogP contribution in [-0.4, -0.2) is 24.5 Å². The Morgan fingerprint density at radius 2 is 1.06 bits per heavy atom. The summed E-state index contributed by atoms with van der Waals surface area (Å²) in [6.07, 6.45) is 7.22. The van der Waals surface area contributed by atoms with Crippen molar-refractivity contribution in [3.8, 4) is 0 Å². The maximum atomic E-state index is 4.49. The van der Waals surface area contributed by atoms with E-state index in [0.29, 0.717) is 0 Å². The molecule has 0 bridgehead atoms. The number of nitrogens with zero attached hydrogens (tertiary/aromatic N) is 2. The molecule has 0 saturated heterocycles. The van der Waals surface area contributed by atoms with Gasteiger partial charge in [-0.05, 0) is 39.5 Å². The minimum atomic E-state index is 1.01. The van der Waals surface area contributed by atoms with E-state index in [1.807, 2.05) is 0 Å². The summed E-state index contributed by atoms with van der Waals surface area (Å²) < 4.78 is 0. The fourth-order valence-electron chi connectivity index (χ4n) is 1.34. The summed E-state index contributed by atoms with van der Waals surface area (Å²) in [7, 11) is 0. The van der Waals surface area contributed by atoms with Crippen molar-refractivity contribution in [2.75, 3.05) is 13.1 Å². The highest BCUT2D eigenvalue weighted by Crippen LogP contribution is 2.01. The van der Waals surface area contributed by atoms with Crippen molar-refractivity contribution in [1.82, 2.24) is 0 Å². The molecule has 0 aliphatic rings. The van der Waals surface area contributed by atoms with E-state index >= 15 is 0 Å². The van der Waals surface area contributed by atoms with E-state index in [1.54, 1.807) is 0 Å². The standard InChI is InChI=1S/C14H28N2/c1-5-13(3)15-11-9-7-8-10-12-16-14(4)6-2/h5-12H2,1-4H3. The lowest BCUT2D eigenvalue weighted by Crippen LogP contribution is -1.93. The first-order valence-corrected chi connectivity index (χ1v) is 6.70. The summed E-state index contributed by atoms with van der Waals surface area (Å²) in [5, 5.41) is 0. The lowest BCUT2D eigenvalue weighted by molar-refractivity contribution is 0.653. The maximum absolute atomic E-state index is 4.49. The fraction of sp³-hybridized carbons (Fsp3) is 0.857. The van der Waals surface area contributed by atoms with Gasteiger partial charge in [0.15, 0.2) is 0 Å². The number of hydrogen-bond donors (Lipinski definition) is 0. The van der Waals surface area contributed by atoms with Crippen molar-refractivity contribution in [2.45, 2.75) is 66.2 Å². The monoisotopic (exact) mass is 224 g/mol. The average Bonchev–Trinajstić information content (AvgIpc) is 2.31. The van der Waals surface area contributed by atoms with Crippen LogP contribution < -0.4 is 0 Å². The molecule has 0 aliphatic carbocycles. The van der Waals surface area contributed by atoms with Gasteiger partial charge in [0.05, 0.1) is 0 Å². The molecule has 0 heterocycles. The molecular formula is C14H28N2. The Morgan fingerprint density at radius 1 is 0.688 bits per heavy atom. The van der Waals surface area contributed by atoms with Gasteiger partial charge in [-0.2, -0.15) is 0 Å². The Kier molecular flexibility index (Phi) is 10.4. The third-order valence-corrected chi connectivity index (χ3v) is 2.85. The van der Waals surface area contributed by atoms with E-state index in [2.05, 4.69) is 37.7 Å². The minimum absolute atomic E-state index is 1.01. The summed E-state index contributed by atoms with van der Waals surface area (Å²) in [6.45, 7) is 10.6. The van der Waals surface area contributed by atoms with Gasteiger partial charge in [-0.25, -0.2) is 0 Å². The first kappa shape index (κ1) is 15.3. The number of hydrogen-bond acceptors (Lipinski definition) is 2. The van der Waals surface area contributed by atoms with Gasteiger partial charge in [-0.15, -0.1) is 0 Å². The molecule has 0 atom stereocenters. The summed E-state index contributed by atoms with van der Waals surface area (Å²) in [5.41, 5.74) is 2.56. The molecule has 0 radical (unpaired) electrons. The Bertz CT molecular complexity index is 193. The van der Waals surface area contributed by atoms with E-state index in [4.69, 9.17) is 0 Å². The highest BCUT2D eigenvalue weighted by molar-refractivity contribution is 5.81. The van der Waals surface area contributed by atoms with Gasteiger partial charge in [0.2, 0.25) is 0 Å². The van der Waals surface area contributed by atoms with Crippen LogP contribution in [0.3, 0.4) is 0 Å². The average molecular weight is 224 g/mol. The minimum Gasteiger partial charge on any atom is -0.294 e. The van der Waals surface area contributed by atoms with Gasteiger partial charge in [-0.3, -0.25) is 9.98 Å². The SMILES string of the molecule is CCC(C)=NCCCCCCN=C(C)CC. The molecule has 0 unspecified atom stereocenters. The van der Waals surface area contributed by atoms with Crippen LogP contribution in [-0.2, 0) is 0 Å². The summed E-state index contributed by atoms with van der Waals surface area (Å²) in [4.78, 5) is 8.98. The van der Waals surface area contributed by atoms with Crippen molar-refractivity contribution < 1.29 is 0 Å². The van der Waals surface area contributed by atoms with Gasteiger partial charge in [0, 0.05) is 24.5 Å². The zero-order valence-corrected chi connectivity index (χ0v) is 11.6. The second-order valence-corrected chi connectivity index (χ2v) is 4.36. The quantitative estimate of drug-likeness (QED) is 0.412. The Morgan fingerprint density at radius 3 is 1.38 bits per heavy atom. The molecule has 16 heavy (non-hydrogen) atoms. The largest absolute Gasteiger partial charge is 0.294 e. The van der Waals surface area contributed by atoms with Crippen molar-refractivity contribution in [1.29, 1.82) is 0 Å². The van der Waals surface area contributed by atoms with E-state index in [9.17, 15) is 0 Å². The van der Waals surface area contributed by atoms with Crippen LogP contribution in [0, 0.1) is 0 Å². The van der Waals surface area contributed by atoms with Crippen LogP contribution in [0.25, 0.3) is 0 Å². The summed E-state index contributed by atoms with van der Waals surface area (Å²) in [6, 6.07) is 0. The fourth-order valence-corrected chi connectivity index (χ4v) is 1.34. The van der Waals surface area contributed by atoms with Gasteiger partial charge in [0.25, 0.3) is 0 Å². The van der Waals surface area contributed by atoms with Gasteiger partial charge in [0.1, 0.15) is 0 Å². The molecule has 2 heteroatoms. The lowest BCUT2D eigenvalue weighted by atomic mass is 10.2. The van der Waals surface area contributed by atoms with Crippen LogP contribution in [0.4, 0.5) is 0 Å². The Hall–Kier alpha value is -0.660. The van der Waals surface area contributed by atoms with Gasteiger partial charge < -0.3 is 0 Å². The van der Waals surface area contributed by atoms with Crippen molar-refractivity contribution in [3.05, 3.63) is 0 Å². The van der Waals surface area contributed by atoms with E-state index in [-0.39, 0.29) is 0 Å². The molecule has 0 aromatic rings. The van der Waals surface area contributed by atoms with Crippen molar-refractivity contribution >= 4 is 11.4 Å². The smallest absolute Gasteiger partial charge is 0.0388 e. The molecule has 2 nitrogen and oxygen atoms in total. The summed E-state index contributed by atoms with van der Waals surface area (Å²) in [5.74, 6) is 0. The summed E-state index contributed by atoms with van der Waals surface area (Å²) >= 11 is 0. The maximum Gasteiger partial charge on any atom is 0.0388 e. The van der Waals surface area contributed by atoms with Crippen LogP contribution in [0.1, 0.15) is 66.2 Å². The molecule has 0 N–H and O–H groups in total. The van der Waals surface area contributed by atoms with Crippen LogP contribution in [0.2, 0.25) is 0 Å². The van der Waals surface area contributed by atoms with Gasteiger partial charge >= 0.3 is 0 Å². The lowest BCUT2D eigenvalue weighted by Gasteiger charge is -1.99. The number of rotatable bonds is 9. The third kappa shape index (κ3) is 9.88. The van der Waals surface area contributed by atoms with Crippen molar-refractivity contribution in [2.24, 2.45) is 9.98 Å². The number of aliphatic imine (C=N–C) groups is 2. The van der Waals surface area contributed by atoms with Gasteiger partial charge in [-0.1, -0.05) is 26.7 Å². The topological polar surface area (TPSA) is 24.7 Å². The Labute approximate surface area is 101 Å². The highest BCUT2D eigenvalue weighted by atomic mass is 14.7. The van der Waals surface area contributed by atoms with Crippen LogP contribution >= 0.6 is 0 Å². The zero-order valence-electron chi connectivity index (χ0n) is 11.6. The zero-order chi connectivity index (χ0) is 12.2. The van der Waals surface area contributed by atoms with E-state index in [0.717, 1.165) is 25.9 Å². The first-order chi connectivity index (χ1) is 7.70. The second kappa shape index (κ2) is 10.8. The molecule has 0 saturated carbocycles. The predicted octanol–water partition coefficient (Wildman–Crippen LogP) is 4.29. The highest BCUT2D eigenvalue weighted by Gasteiger charge is 1.90. The molecule has 0 aromatic heterocycles. The molecule has 0 rings (SSSR count). The molecular weight excluding hydrogens is 196 g/mol. The van der Waals surface area contributed by atoms with Crippen LogP contribution in [0.15, 0.2) is 9.98 Å². The second-order valence-electron chi connectivity index (χ2n) is 4.36. The molecule has 0 aromatic carbocycles. The van der Waals surface area contributed by atoms with E-state index in [1.165, 1.54) is 37.1 Å². The normalized spacial score (nSPS) is 13.2. The molecule has 94 valence electrons. The number of unbranched alkanes of at least 4 members (excludes halogenated alkanes) is 3.